The summed E-state index contributed by atoms with van der Waals surface area (Å²) in [6, 6.07) is 11.9. The van der Waals surface area contributed by atoms with Crippen LogP contribution < -0.4 is 10.1 Å². The minimum atomic E-state index is -0.590. The molecule has 2 rings (SSSR count). The van der Waals surface area contributed by atoms with Crippen molar-refractivity contribution in [3.05, 3.63) is 63.6 Å². The molecule has 162 valence electrons. The molecule has 0 aliphatic carbocycles. The lowest BCUT2D eigenvalue weighted by atomic mass is 10.1. The van der Waals surface area contributed by atoms with Gasteiger partial charge in [0.25, 0.3) is 0 Å². The monoisotopic (exact) mass is 450 g/mol. The van der Waals surface area contributed by atoms with Crippen LogP contribution in [0.3, 0.4) is 0 Å². The van der Waals surface area contributed by atoms with Crippen molar-refractivity contribution in [3.8, 4) is 5.75 Å². The number of benzene rings is 2. The first-order valence-corrected chi connectivity index (χ1v) is 10.7. The second kappa shape index (κ2) is 11.2. The molecule has 2 aromatic rings. The van der Waals surface area contributed by atoms with E-state index in [9.17, 15) is 9.59 Å². The second-order valence-corrected chi connectivity index (χ2v) is 8.21. The van der Waals surface area contributed by atoms with E-state index in [0.29, 0.717) is 28.6 Å². The molecular formula is C23H28Cl2N2O3. The molecule has 0 saturated carbocycles. The number of amides is 2. The molecule has 0 saturated heterocycles. The third-order valence-electron chi connectivity index (χ3n) is 4.69. The Labute approximate surface area is 188 Å². The molecule has 1 unspecified atom stereocenters. The molecule has 0 fully saturated rings. The normalized spacial score (nSPS) is 11.8. The summed E-state index contributed by atoms with van der Waals surface area (Å²) in [5, 5.41) is 3.86. The third-order valence-corrected chi connectivity index (χ3v) is 5.27. The van der Waals surface area contributed by atoms with Crippen molar-refractivity contribution in [2.75, 3.05) is 7.11 Å². The highest BCUT2D eigenvalue weighted by Crippen LogP contribution is 2.23. The molecular weight excluding hydrogens is 423 g/mol. The van der Waals surface area contributed by atoms with Gasteiger partial charge in [-0.25, -0.2) is 0 Å². The molecule has 0 aliphatic rings. The topological polar surface area (TPSA) is 58.6 Å². The van der Waals surface area contributed by atoms with Crippen molar-refractivity contribution in [3.63, 3.8) is 0 Å². The number of ether oxygens (including phenoxy) is 1. The number of carbonyl (C=O) groups excluding carboxylic acids is 2. The Hall–Kier alpha value is -2.24. The lowest BCUT2D eigenvalue weighted by molar-refractivity contribution is -0.141. The van der Waals surface area contributed by atoms with Gasteiger partial charge in [-0.2, -0.15) is 0 Å². The zero-order chi connectivity index (χ0) is 22.3. The molecule has 2 amide bonds. The van der Waals surface area contributed by atoms with Crippen molar-refractivity contribution in [2.24, 2.45) is 0 Å². The fourth-order valence-electron chi connectivity index (χ4n) is 3.16. The Morgan fingerprint density at radius 3 is 2.30 bits per heavy atom. The van der Waals surface area contributed by atoms with Gasteiger partial charge in [0.1, 0.15) is 11.8 Å². The average Bonchev–Trinajstić information content (AvgIpc) is 2.69. The number of nitrogens with one attached hydrogen (secondary N) is 1. The molecule has 1 atom stereocenters. The van der Waals surface area contributed by atoms with Crippen LogP contribution in [0, 0.1) is 0 Å². The van der Waals surface area contributed by atoms with E-state index in [1.165, 1.54) is 0 Å². The predicted octanol–water partition coefficient (Wildman–Crippen LogP) is 4.88. The Balaban J connectivity index is 2.31. The van der Waals surface area contributed by atoms with Gasteiger partial charge >= 0.3 is 0 Å². The maximum atomic E-state index is 13.3. The minimum Gasteiger partial charge on any atom is -0.497 e. The van der Waals surface area contributed by atoms with Gasteiger partial charge in [0, 0.05) is 22.6 Å². The summed E-state index contributed by atoms with van der Waals surface area (Å²) in [7, 11) is 1.60. The Bertz CT molecular complexity index is 869. The largest absolute Gasteiger partial charge is 0.497 e. The van der Waals surface area contributed by atoms with Crippen LogP contribution in [-0.4, -0.2) is 35.9 Å². The number of methoxy groups -OCH3 is 1. The van der Waals surface area contributed by atoms with E-state index in [4.69, 9.17) is 27.9 Å². The number of halogens is 2. The minimum absolute atomic E-state index is 0.0183. The molecule has 0 heterocycles. The summed E-state index contributed by atoms with van der Waals surface area (Å²) in [6.07, 6.45) is 0.576. The quantitative estimate of drug-likeness (QED) is 0.592. The van der Waals surface area contributed by atoms with Gasteiger partial charge in [0.2, 0.25) is 11.8 Å². The molecule has 0 radical (unpaired) electrons. The van der Waals surface area contributed by atoms with Gasteiger partial charge in [-0.05, 0) is 55.7 Å². The van der Waals surface area contributed by atoms with Crippen LogP contribution in [0.1, 0.15) is 38.3 Å². The Morgan fingerprint density at radius 2 is 1.77 bits per heavy atom. The molecule has 0 aromatic heterocycles. The van der Waals surface area contributed by atoms with Gasteiger partial charge in [-0.1, -0.05) is 48.3 Å². The number of carbonyl (C=O) groups is 2. The van der Waals surface area contributed by atoms with E-state index in [0.717, 1.165) is 11.3 Å². The molecule has 5 nitrogen and oxygen atoms in total. The third kappa shape index (κ3) is 6.64. The fourth-order valence-corrected chi connectivity index (χ4v) is 3.63. The van der Waals surface area contributed by atoms with Crippen LogP contribution in [0.2, 0.25) is 10.0 Å². The molecule has 2 aromatic carbocycles. The smallest absolute Gasteiger partial charge is 0.243 e. The average molecular weight is 451 g/mol. The van der Waals surface area contributed by atoms with Gasteiger partial charge in [-0.15, -0.1) is 0 Å². The number of hydrogen-bond acceptors (Lipinski definition) is 3. The van der Waals surface area contributed by atoms with Gasteiger partial charge in [0.15, 0.2) is 0 Å². The van der Waals surface area contributed by atoms with Crippen molar-refractivity contribution >= 4 is 35.0 Å². The molecule has 0 spiro atoms. The van der Waals surface area contributed by atoms with Crippen LogP contribution in [0.15, 0.2) is 42.5 Å². The summed E-state index contributed by atoms with van der Waals surface area (Å²) < 4.78 is 5.20. The van der Waals surface area contributed by atoms with E-state index in [-0.39, 0.29) is 24.3 Å². The van der Waals surface area contributed by atoms with E-state index >= 15 is 0 Å². The van der Waals surface area contributed by atoms with E-state index in [1.807, 2.05) is 45.0 Å². The summed E-state index contributed by atoms with van der Waals surface area (Å²) in [6.45, 7) is 5.99. The standard InChI is InChI=1S/C23H28Cl2N2O3/c1-5-21(23(29)26-15(2)3)27(14-16-6-10-19(30-4)11-7-16)22(28)12-17-8-9-18(24)13-20(17)25/h6-11,13,15,21H,5,12,14H2,1-4H3,(H,26,29). The van der Waals surface area contributed by atoms with E-state index in [1.54, 1.807) is 30.2 Å². The lowest BCUT2D eigenvalue weighted by Crippen LogP contribution is -2.50. The second-order valence-electron chi connectivity index (χ2n) is 7.37. The Morgan fingerprint density at radius 1 is 1.10 bits per heavy atom. The first kappa shape index (κ1) is 24.0. The van der Waals surface area contributed by atoms with Crippen LogP contribution in [-0.2, 0) is 22.6 Å². The summed E-state index contributed by atoms with van der Waals surface area (Å²) in [4.78, 5) is 27.7. The van der Waals surface area contributed by atoms with Crippen molar-refractivity contribution in [2.45, 2.75) is 52.2 Å². The zero-order valence-corrected chi connectivity index (χ0v) is 19.3. The van der Waals surface area contributed by atoms with Crippen LogP contribution in [0.25, 0.3) is 0 Å². The Kier molecular flexibility index (Phi) is 9.00. The first-order valence-electron chi connectivity index (χ1n) is 9.91. The van der Waals surface area contributed by atoms with Crippen LogP contribution >= 0.6 is 23.2 Å². The van der Waals surface area contributed by atoms with Crippen molar-refractivity contribution < 1.29 is 14.3 Å². The van der Waals surface area contributed by atoms with E-state index in [2.05, 4.69) is 5.32 Å². The molecule has 0 aliphatic heterocycles. The molecule has 0 bridgehead atoms. The maximum absolute atomic E-state index is 13.3. The van der Waals surface area contributed by atoms with Crippen LogP contribution in [0.5, 0.6) is 5.75 Å². The number of hydrogen-bond donors (Lipinski definition) is 1. The van der Waals surface area contributed by atoms with E-state index < -0.39 is 6.04 Å². The fraction of sp³-hybridized carbons (Fsp3) is 0.391. The van der Waals surface area contributed by atoms with Gasteiger partial charge in [-0.3, -0.25) is 9.59 Å². The molecule has 30 heavy (non-hydrogen) atoms. The van der Waals surface area contributed by atoms with Crippen LogP contribution in [0.4, 0.5) is 0 Å². The zero-order valence-electron chi connectivity index (χ0n) is 17.7. The van der Waals surface area contributed by atoms with Crippen molar-refractivity contribution in [1.82, 2.24) is 10.2 Å². The summed E-state index contributed by atoms with van der Waals surface area (Å²) in [5.41, 5.74) is 1.58. The van der Waals surface area contributed by atoms with Gasteiger partial charge in [0.05, 0.1) is 13.5 Å². The molecule has 7 heteroatoms. The highest BCUT2D eigenvalue weighted by Gasteiger charge is 2.29. The number of rotatable bonds is 9. The van der Waals surface area contributed by atoms with Crippen molar-refractivity contribution in [1.29, 1.82) is 0 Å². The summed E-state index contributed by atoms with van der Waals surface area (Å²) in [5.74, 6) is 0.381. The SMILES string of the molecule is CCC(C(=O)NC(C)C)N(Cc1ccc(OC)cc1)C(=O)Cc1ccc(Cl)cc1Cl. The number of nitrogens with zero attached hydrogens (tertiary/aromatic N) is 1. The first-order chi connectivity index (χ1) is 14.2. The predicted molar refractivity (Wildman–Crippen MR) is 121 cm³/mol. The summed E-state index contributed by atoms with van der Waals surface area (Å²) >= 11 is 12.2. The maximum Gasteiger partial charge on any atom is 0.243 e. The lowest BCUT2D eigenvalue weighted by Gasteiger charge is -2.31. The molecule has 1 N–H and O–H groups in total. The van der Waals surface area contributed by atoms with Gasteiger partial charge < -0.3 is 15.0 Å². The highest BCUT2D eigenvalue weighted by atomic mass is 35.5. The highest BCUT2D eigenvalue weighted by molar-refractivity contribution is 6.35.